The largest absolute Gasteiger partial charge is 0.396 e. The average molecular weight is 426 g/mol. The van der Waals surface area contributed by atoms with Crippen LogP contribution in [0, 0.1) is 17.7 Å². The Morgan fingerprint density at radius 2 is 1.81 bits per heavy atom. The third-order valence-electron chi connectivity index (χ3n) is 7.46. The molecule has 0 spiro atoms. The van der Waals surface area contributed by atoms with Crippen LogP contribution in [0.2, 0.25) is 0 Å². The molecule has 1 amide bonds. The van der Waals surface area contributed by atoms with Gasteiger partial charge < -0.3 is 14.6 Å². The van der Waals surface area contributed by atoms with Gasteiger partial charge in [0.1, 0.15) is 5.82 Å². The molecule has 164 valence electrons. The molecule has 0 unspecified atom stereocenters. The number of halogens is 1. The fourth-order valence-corrected chi connectivity index (χ4v) is 5.85. The number of aromatic nitrogens is 1. The molecule has 4 atom stereocenters. The van der Waals surface area contributed by atoms with E-state index in [9.17, 15) is 19.1 Å². The van der Waals surface area contributed by atoms with Gasteiger partial charge >= 0.3 is 0 Å². The van der Waals surface area contributed by atoms with Gasteiger partial charge in [0.15, 0.2) is 0 Å². The number of benzene rings is 1. The smallest absolute Gasteiger partial charge is 0.258 e. The van der Waals surface area contributed by atoms with Crippen LogP contribution >= 0.6 is 0 Å². The summed E-state index contributed by atoms with van der Waals surface area (Å²) in [5.41, 5.74) is 1.88. The van der Waals surface area contributed by atoms with Crippen molar-refractivity contribution in [1.82, 2.24) is 14.4 Å². The van der Waals surface area contributed by atoms with Crippen molar-refractivity contribution in [2.45, 2.75) is 37.9 Å². The lowest BCUT2D eigenvalue weighted by atomic mass is 9.85. The zero-order valence-electron chi connectivity index (χ0n) is 17.7. The van der Waals surface area contributed by atoms with E-state index >= 15 is 0 Å². The first kappa shape index (κ1) is 20.4. The van der Waals surface area contributed by atoms with Crippen molar-refractivity contribution in [3.8, 4) is 11.1 Å². The van der Waals surface area contributed by atoms with Gasteiger partial charge in [0.05, 0.1) is 12.0 Å². The van der Waals surface area contributed by atoms with Crippen LogP contribution < -0.4 is 5.56 Å². The van der Waals surface area contributed by atoms with Crippen molar-refractivity contribution < 1.29 is 14.3 Å². The molecule has 1 N–H and O–H groups in total. The molecule has 0 radical (unpaired) electrons. The summed E-state index contributed by atoms with van der Waals surface area (Å²) in [5.74, 6) is -0.811. The lowest BCUT2D eigenvalue weighted by Crippen LogP contribution is -2.45. The Kier molecular flexibility index (Phi) is 5.18. The number of hydrogen-bond donors (Lipinski definition) is 1. The number of hydrogen-bond acceptors (Lipinski definition) is 4. The molecule has 31 heavy (non-hydrogen) atoms. The van der Waals surface area contributed by atoms with E-state index in [0.717, 1.165) is 38.0 Å². The van der Waals surface area contributed by atoms with Gasteiger partial charge in [-0.2, -0.15) is 0 Å². The fraction of sp³-hybridized carbons (Fsp3) is 0.500. The van der Waals surface area contributed by atoms with Crippen LogP contribution in [0.15, 0.2) is 41.2 Å². The maximum atomic E-state index is 13.5. The molecule has 3 aliphatic rings. The highest BCUT2D eigenvalue weighted by Gasteiger charge is 2.55. The molecule has 3 aliphatic heterocycles. The van der Waals surface area contributed by atoms with Crippen LogP contribution in [0.25, 0.3) is 11.1 Å². The van der Waals surface area contributed by atoms with Gasteiger partial charge in [-0.05, 0) is 56.1 Å². The number of pyridine rings is 1. The maximum Gasteiger partial charge on any atom is 0.258 e. The summed E-state index contributed by atoms with van der Waals surface area (Å²) in [6, 6.07) is 9.32. The first-order valence-corrected chi connectivity index (χ1v) is 11.1. The van der Waals surface area contributed by atoms with E-state index < -0.39 is 0 Å². The molecule has 2 aromatic rings. The molecule has 4 heterocycles. The zero-order valence-corrected chi connectivity index (χ0v) is 17.7. The molecule has 6 nitrogen and oxygen atoms in total. The minimum absolute atomic E-state index is 0.0800. The van der Waals surface area contributed by atoms with Crippen molar-refractivity contribution in [2.24, 2.45) is 11.8 Å². The Labute approximate surface area is 180 Å². The normalized spacial score (nSPS) is 27.9. The highest BCUT2D eigenvalue weighted by molar-refractivity contribution is 5.81. The van der Waals surface area contributed by atoms with Crippen LogP contribution in [0.5, 0.6) is 0 Å². The van der Waals surface area contributed by atoms with E-state index in [2.05, 4.69) is 4.90 Å². The number of likely N-dealkylation sites (tertiary alicyclic amines) is 1. The minimum atomic E-state index is -0.358. The number of fused-ring (bicyclic) bond motifs is 4. The second-order valence-electron chi connectivity index (χ2n) is 9.03. The van der Waals surface area contributed by atoms with Crippen LogP contribution in [0.3, 0.4) is 0 Å². The van der Waals surface area contributed by atoms with Gasteiger partial charge in [-0.1, -0.05) is 12.1 Å². The SMILES string of the molecule is CN1[C@@H]2c3ccc(-c4ccc(F)cc4)c(=O)n3C[C@H]1[C@H](CO)[C@H]2C(=O)N1CCCCC1. The van der Waals surface area contributed by atoms with Gasteiger partial charge in [0.2, 0.25) is 5.91 Å². The molecule has 2 saturated heterocycles. The number of likely N-dealkylation sites (N-methyl/N-ethyl adjacent to an activating group) is 1. The Bertz CT molecular complexity index is 1050. The molecule has 5 rings (SSSR count). The summed E-state index contributed by atoms with van der Waals surface area (Å²) in [5, 5.41) is 10.2. The number of rotatable bonds is 3. The van der Waals surface area contributed by atoms with E-state index in [1.54, 1.807) is 22.8 Å². The van der Waals surface area contributed by atoms with Crippen LogP contribution in [-0.4, -0.2) is 58.2 Å². The van der Waals surface area contributed by atoms with Gasteiger partial charge in [0.25, 0.3) is 5.56 Å². The molecule has 0 aliphatic carbocycles. The van der Waals surface area contributed by atoms with E-state index in [4.69, 9.17) is 0 Å². The first-order valence-electron chi connectivity index (χ1n) is 11.1. The van der Waals surface area contributed by atoms with Crippen molar-refractivity contribution in [3.05, 3.63) is 58.3 Å². The first-order chi connectivity index (χ1) is 15.0. The number of carbonyl (C=O) groups is 1. The summed E-state index contributed by atoms with van der Waals surface area (Å²) < 4.78 is 15.1. The van der Waals surface area contributed by atoms with Gasteiger partial charge in [-0.15, -0.1) is 0 Å². The second-order valence-corrected chi connectivity index (χ2v) is 9.03. The van der Waals surface area contributed by atoms with E-state index in [-0.39, 0.29) is 47.8 Å². The number of carbonyl (C=O) groups excluding carboxylic acids is 1. The minimum Gasteiger partial charge on any atom is -0.396 e. The van der Waals surface area contributed by atoms with Crippen LogP contribution in [0.4, 0.5) is 4.39 Å². The van der Waals surface area contributed by atoms with Crippen LogP contribution in [0.1, 0.15) is 31.0 Å². The van der Waals surface area contributed by atoms with Crippen molar-refractivity contribution >= 4 is 5.91 Å². The molecule has 7 heteroatoms. The average Bonchev–Trinajstić information content (AvgIpc) is 2.97. The van der Waals surface area contributed by atoms with Gasteiger partial charge in [-0.25, -0.2) is 4.39 Å². The third kappa shape index (κ3) is 3.22. The molecular weight excluding hydrogens is 397 g/mol. The standard InChI is InChI=1S/C24H28FN3O3/c1-26-20-13-28-19(10-9-17(23(28)30)15-5-7-16(25)8-6-15)22(26)21(18(20)14-29)24(31)27-11-3-2-4-12-27/h5-10,18,20-22,29H,2-4,11-14H2,1H3/t18-,20-,21+,22+/m0/s1. The Balaban J connectivity index is 1.56. The zero-order chi connectivity index (χ0) is 21.7. The quantitative estimate of drug-likeness (QED) is 0.819. The molecule has 2 bridgehead atoms. The maximum absolute atomic E-state index is 13.5. The predicted molar refractivity (Wildman–Crippen MR) is 115 cm³/mol. The lowest BCUT2D eigenvalue weighted by Gasteiger charge is -2.36. The van der Waals surface area contributed by atoms with Crippen molar-refractivity contribution in [3.63, 3.8) is 0 Å². The molecular formula is C24H28FN3O3. The summed E-state index contributed by atoms with van der Waals surface area (Å²) in [6.45, 7) is 1.89. The van der Waals surface area contributed by atoms with E-state index in [1.165, 1.54) is 12.1 Å². The molecule has 0 saturated carbocycles. The summed E-state index contributed by atoms with van der Waals surface area (Å²) in [4.78, 5) is 31.0. The summed E-state index contributed by atoms with van der Waals surface area (Å²) >= 11 is 0. The molecule has 2 fully saturated rings. The van der Waals surface area contributed by atoms with Crippen molar-refractivity contribution in [2.75, 3.05) is 26.7 Å². The highest BCUT2D eigenvalue weighted by atomic mass is 19.1. The Morgan fingerprint density at radius 1 is 1.10 bits per heavy atom. The van der Waals surface area contributed by atoms with E-state index in [0.29, 0.717) is 17.7 Å². The highest BCUT2D eigenvalue weighted by Crippen LogP contribution is 2.48. The summed E-state index contributed by atoms with van der Waals surface area (Å²) in [7, 11) is 1.99. The monoisotopic (exact) mass is 425 g/mol. The number of aliphatic hydroxyl groups excluding tert-OH is 1. The summed E-state index contributed by atoms with van der Waals surface area (Å²) in [6.07, 6.45) is 3.18. The number of aliphatic hydroxyl groups is 1. The van der Waals surface area contributed by atoms with Gasteiger partial charge in [-0.3, -0.25) is 14.5 Å². The number of nitrogens with zero attached hydrogens (tertiary/aromatic N) is 3. The van der Waals surface area contributed by atoms with Crippen LogP contribution in [-0.2, 0) is 11.3 Å². The van der Waals surface area contributed by atoms with Gasteiger partial charge in [0, 0.05) is 49.5 Å². The predicted octanol–water partition coefficient (Wildman–Crippen LogP) is 2.26. The Hall–Kier alpha value is -2.51. The number of amides is 1. The van der Waals surface area contributed by atoms with Crippen molar-refractivity contribution in [1.29, 1.82) is 0 Å². The van der Waals surface area contributed by atoms with E-state index in [1.807, 2.05) is 18.0 Å². The molecule has 1 aromatic carbocycles. The topological polar surface area (TPSA) is 65.8 Å². The molecule has 1 aromatic heterocycles. The third-order valence-corrected chi connectivity index (χ3v) is 7.46. The fourth-order valence-electron chi connectivity index (χ4n) is 5.85. The number of piperidine rings is 1. The second kappa shape index (κ2) is 7.88. The Morgan fingerprint density at radius 3 is 2.48 bits per heavy atom. The lowest BCUT2D eigenvalue weighted by molar-refractivity contribution is -0.139.